The van der Waals surface area contributed by atoms with Crippen molar-refractivity contribution in [3.63, 3.8) is 0 Å². The van der Waals surface area contributed by atoms with Crippen molar-refractivity contribution in [3.05, 3.63) is 73.3 Å². The van der Waals surface area contributed by atoms with Crippen LogP contribution in [0, 0.1) is 10.1 Å². The van der Waals surface area contributed by atoms with Crippen molar-refractivity contribution in [3.8, 4) is 11.3 Å². The van der Waals surface area contributed by atoms with E-state index in [0.29, 0.717) is 26.9 Å². The van der Waals surface area contributed by atoms with E-state index >= 15 is 0 Å². The van der Waals surface area contributed by atoms with Crippen molar-refractivity contribution in [2.24, 2.45) is 5.10 Å². The quantitative estimate of drug-likeness (QED) is 0.287. The van der Waals surface area contributed by atoms with E-state index in [-0.39, 0.29) is 16.7 Å². The zero-order chi connectivity index (χ0) is 18.8. The van der Waals surface area contributed by atoms with Gasteiger partial charge in [0, 0.05) is 23.3 Å². The Bertz CT molecular complexity index is 1030. The highest BCUT2D eigenvalue weighted by molar-refractivity contribution is 6.45. The summed E-state index contributed by atoms with van der Waals surface area (Å²) in [5.74, 6) is 0.0945. The molecule has 1 aromatic heterocycles. The van der Waals surface area contributed by atoms with Crippen LogP contribution in [0.2, 0.25) is 15.1 Å². The summed E-state index contributed by atoms with van der Waals surface area (Å²) in [6, 6.07) is 9.23. The van der Waals surface area contributed by atoms with Gasteiger partial charge < -0.3 is 5.73 Å². The van der Waals surface area contributed by atoms with Crippen molar-refractivity contribution in [2.45, 2.75) is 0 Å². The summed E-state index contributed by atoms with van der Waals surface area (Å²) >= 11 is 18.2. The summed E-state index contributed by atoms with van der Waals surface area (Å²) in [7, 11) is 0. The molecule has 2 aromatic carbocycles. The number of nitrogens with zero attached hydrogens (tertiary/aromatic N) is 4. The van der Waals surface area contributed by atoms with E-state index in [0.717, 1.165) is 0 Å². The van der Waals surface area contributed by atoms with Gasteiger partial charge >= 0.3 is 0 Å². The minimum absolute atomic E-state index is 0.0448. The number of hydrogen-bond acceptors (Lipinski definition) is 5. The van der Waals surface area contributed by atoms with Gasteiger partial charge in [-0.3, -0.25) is 10.1 Å². The number of nitro groups is 1. The van der Waals surface area contributed by atoms with Gasteiger partial charge in [-0.15, -0.1) is 0 Å². The van der Waals surface area contributed by atoms with Gasteiger partial charge in [0.05, 0.1) is 38.1 Å². The lowest BCUT2D eigenvalue weighted by molar-refractivity contribution is -0.384. The summed E-state index contributed by atoms with van der Waals surface area (Å²) in [5, 5.41) is 16.1. The first-order valence-corrected chi connectivity index (χ1v) is 8.27. The van der Waals surface area contributed by atoms with Gasteiger partial charge in [-0.05, 0) is 12.1 Å². The second-order valence-electron chi connectivity index (χ2n) is 5.14. The SMILES string of the molecule is Nc1nc(-c2cccc([N+](=O)[O-])c2)cn1N=Cc1c(Cl)ccc(Cl)c1Cl. The predicted octanol–water partition coefficient (Wildman–Crippen LogP) is 4.88. The molecule has 0 aliphatic carbocycles. The first-order valence-electron chi connectivity index (χ1n) is 7.14. The van der Waals surface area contributed by atoms with Crippen LogP contribution in [0.15, 0.2) is 47.7 Å². The van der Waals surface area contributed by atoms with E-state index in [1.165, 1.54) is 29.2 Å². The van der Waals surface area contributed by atoms with Gasteiger partial charge in [0.2, 0.25) is 5.95 Å². The molecule has 0 bridgehead atoms. The van der Waals surface area contributed by atoms with Crippen molar-refractivity contribution in [1.82, 2.24) is 9.66 Å². The van der Waals surface area contributed by atoms with Gasteiger partial charge in [-0.25, -0.2) is 9.66 Å². The van der Waals surface area contributed by atoms with E-state index in [9.17, 15) is 10.1 Å². The number of rotatable bonds is 4. The highest BCUT2D eigenvalue weighted by Crippen LogP contribution is 2.30. The smallest absolute Gasteiger partial charge is 0.270 e. The maximum atomic E-state index is 10.9. The minimum Gasteiger partial charge on any atom is -0.368 e. The molecule has 3 aromatic rings. The molecule has 0 aliphatic heterocycles. The second kappa shape index (κ2) is 7.33. The van der Waals surface area contributed by atoms with Crippen LogP contribution in [0.1, 0.15) is 5.56 Å². The zero-order valence-electron chi connectivity index (χ0n) is 12.9. The van der Waals surface area contributed by atoms with Crippen LogP contribution in [0.4, 0.5) is 11.6 Å². The number of non-ortho nitro benzene ring substituents is 1. The highest BCUT2D eigenvalue weighted by atomic mass is 35.5. The Balaban J connectivity index is 1.96. The molecule has 2 N–H and O–H groups in total. The summed E-state index contributed by atoms with van der Waals surface area (Å²) in [6.07, 6.45) is 2.95. The zero-order valence-corrected chi connectivity index (χ0v) is 15.2. The number of benzene rings is 2. The summed E-state index contributed by atoms with van der Waals surface area (Å²) < 4.78 is 1.31. The maximum Gasteiger partial charge on any atom is 0.270 e. The van der Waals surface area contributed by atoms with Gasteiger partial charge in [-0.2, -0.15) is 5.10 Å². The molecule has 0 spiro atoms. The minimum atomic E-state index is -0.481. The van der Waals surface area contributed by atoms with Crippen LogP contribution in [0.5, 0.6) is 0 Å². The van der Waals surface area contributed by atoms with E-state index in [1.54, 1.807) is 24.3 Å². The number of nitro benzene ring substituents is 1. The van der Waals surface area contributed by atoms with E-state index in [4.69, 9.17) is 40.5 Å². The molecule has 3 rings (SSSR count). The Hall–Kier alpha value is -2.61. The molecule has 7 nitrogen and oxygen atoms in total. The Morgan fingerprint density at radius 1 is 1.19 bits per heavy atom. The number of imidazole rings is 1. The Morgan fingerprint density at radius 3 is 2.65 bits per heavy atom. The summed E-state index contributed by atoms with van der Waals surface area (Å²) in [6.45, 7) is 0. The van der Waals surface area contributed by atoms with Crippen LogP contribution < -0.4 is 5.73 Å². The number of anilines is 1. The lowest BCUT2D eigenvalue weighted by Crippen LogP contribution is -1.97. The van der Waals surface area contributed by atoms with Gasteiger partial charge in [0.15, 0.2) is 0 Å². The van der Waals surface area contributed by atoms with Crippen LogP contribution in [0.25, 0.3) is 11.3 Å². The van der Waals surface area contributed by atoms with Gasteiger partial charge in [-0.1, -0.05) is 46.9 Å². The average molecular weight is 411 g/mol. The molecule has 1 heterocycles. The third-order valence-corrected chi connectivity index (χ3v) is 4.61. The summed E-state index contributed by atoms with van der Waals surface area (Å²) in [5.41, 5.74) is 7.23. The van der Waals surface area contributed by atoms with Gasteiger partial charge in [0.25, 0.3) is 5.69 Å². The van der Waals surface area contributed by atoms with E-state index in [2.05, 4.69) is 10.1 Å². The molecule has 0 unspecified atom stereocenters. The van der Waals surface area contributed by atoms with Crippen molar-refractivity contribution < 1.29 is 4.92 Å². The van der Waals surface area contributed by atoms with Crippen LogP contribution in [-0.2, 0) is 0 Å². The molecule has 10 heteroatoms. The largest absolute Gasteiger partial charge is 0.368 e. The Morgan fingerprint density at radius 2 is 1.92 bits per heavy atom. The molecule has 0 radical (unpaired) electrons. The predicted molar refractivity (Wildman–Crippen MR) is 103 cm³/mol. The summed E-state index contributed by atoms with van der Waals surface area (Å²) in [4.78, 5) is 14.6. The lowest BCUT2D eigenvalue weighted by Gasteiger charge is -2.03. The number of nitrogen functional groups attached to an aromatic ring is 1. The fourth-order valence-corrected chi connectivity index (χ4v) is 2.81. The van der Waals surface area contributed by atoms with Crippen LogP contribution in [0.3, 0.4) is 0 Å². The molecule has 0 saturated carbocycles. The Labute approximate surface area is 162 Å². The normalized spacial score (nSPS) is 11.2. The third kappa shape index (κ3) is 3.65. The highest BCUT2D eigenvalue weighted by Gasteiger charge is 2.12. The molecule has 132 valence electrons. The first-order chi connectivity index (χ1) is 12.4. The van der Waals surface area contributed by atoms with E-state index < -0.39 is 4.92 Å². The fraction of sp³-hybridized carbons (Fsp3) is 0. The first kappa shape index (κ1) is 18.2. The van der Waals surface area contributed by atoms with Gasteiger partial charge in [0.1, 0.15) is 0 Å². The topological polar surface area (TPSA) is 99.3 Å². The number of nitrogens with two attached hydrogens (primary N) is 1. The van der Waals surface area contributed by atoms with Crippen molar-refractivity contribution >= 4 is 52.7 Å². The molecule has 0 atom stereocenters. The monoisotopic (exact) mass is 409 g/mol. The Kier molecular flexibility index (Phi) is 5.13. The molecule has 0 fully saturated rings. The molecule has 0 aliphatic rings. The molecular formula is C16H10Cl3N5O2. The number of aromatic nitrogens is 2. The van der Waals surface area contributed by atoms with Crippen LogP contribution >= 0.6 is 34.8 Å². The van der Waals surface area contributed by atoms with Crippen molar-refractivity contribution in [2.75, 3.05) is 5.73 Å². The standard InChI is InChI=1S/C16H10Cl3N5O2/c17-12-4-5-13(18)15(19)11(12)7-21-23-8-14(22-16(23)20)9-2-1-3-10(6-9)24(25)26/h1-8H,(H2,20,22). The lowest BCUT2D eigenvalue weighted by atomic mass is 10.1. The fourth-order valence-electron chi connectivity index (χ4n) is 2.18. The van der Waals surface area contributed by atoms with Crippen LogP contribution in [-0.4, -0.2) is 20.8 Å². The maximum absolute atomic E-state index is 10.9. The second-order valence-corrected chi connectivity index (χ2v) is 6.33. The number of hydrogen-bond donors (Lipinski definition) is 1. The average Bonchev–Trinajstić information content (AvgIpc) is 2.99. The number of halogens is 3. The molecule has 0 saturated heterocycles. The molecular weight excluding hydrogens is 401 g/mol. The molecule has 26 heavy (non-hydrogen) atoms. The van der Waals surface area contributed by atoms with E-state index in [1.807, 2.05) is 0 Å². The third-order valence-electron chi connectivity index (χ3n) is 3.46. The van der Waals surface area contributed by atoms with Crippen molar-refractivity contribution in [1.29, 1.82) is 0 Å². The molecule has 0 amide bonds.